The molecule has 3 heterocycles. The summed E-state index contributed by atoms with van der Waals surface area (Å²) >= 11 is 6.22. The van der Waals surface area contributed by atoms with Crippen molar-refractivity contribution < 1.29 is 24.5 Å². The average molecular weight is 411 g/mol. The monoisotopic (exact) mass is 410 g/mol. The number of carbonyl (C=O) groups is 1. The number of anilines is 1. The third kappa shape index (κ3) is 3.67. The maximum Gasteiger partial charge on any atom is 0.302 e. The fourth-order valence-corrected chi connectivity index (χ4v) is 4.04. The lowest BCUT2D eigenvalue weighted by atomic mass is 10.1. The maximum atomic E-state index is 11.0. The Morgan fingerprint density at radius 2 is 2.14 bits per heavy atom. The summed E-state index contributed by atoms with van der Waals surface area (Å²) in [5.41, 5.74) is 1.27. The van der Waals surface area contributed by atoms with Crippen LogP contribution in [-0.4, -0.2) is 61.9 Å². The lowest BCUT2D eigenvalue weighted by Crippen LogP contribution is -2.34. The smallest absolute Gasteiger partial charge is 0.302 e. The van der Waals surface area contributed by atoms with Crippen molar-refractivity contribution in [3.05, 3.63) is 17.4 Å². The Balaban J connectivity index is 1.62. The fraction of sp³-hybridized carbons (Fsp3) is 0.611. The van der Waals surface area contributed by atoms with Gasteiger partial charge in [-0.2, -0.15) is 5.10 Å². The highest BCUT2D eigenvalue weighted by Gasteiger charge is 2.45. The summed E-state index contributed by atoms with van der Waals surface area (Å²) in [6, 6.07) is 2.15. The van der Waals surface area contributed by atoms with Gasteiger partial charge in [0.25, 0.3) is 0 Å². The molecule has 0 unspecified atom stereocenters. The van der Waals surface area contributed by atoms with Gasteiger partial charge in [0.2, 0.25) is 0 Å². The minimum absolute atomic E-state index is 0.161. The number of halogens is 1. The van der Waals surface area contributed by atoms with Gasteiger partial charge in [-0.3, -0.25) is 4.79 Å². The van der Waals surface area contributed by atoms with Gasteiger partial charge < -0.3 is 25.0 Å². The second-order valence-corrected chi connectivity index (χ2v) is 7.68. The van der Waals surface area contributed by atoms with Crippen molar-refractivity contribution in [2.75, 3.05) is 11.9 Å². The number of carbonyl (C=O) groups excluding carboxylic acids is 1. The zero-order chi connectivity index (χ0) is 19.8. The molecule has 0 radical (unpaired) electrons. The predicted molar refractivity (Wildman–Crippen MR) is 101 cm³/mol. The molecule has 0 bridgehead atoms. The standard InChI is InChI=1S/C18H23ClN4O5/c1-9(24)27-8-13-15(25)16(26)18(28-13)23-17-11(7-20-23)12(6-14(19)22-17)21-10-4-2-3-5-10/h6-7,10,13,15-16,18,25-26H,2-5,8H2,1H3,(H,21,22)/t13-,15+,16-,18-/m1/s1. The van der Waals surface area contributed by atoms with Gasteiger partial charge in [0.15, 0.2) is 11.9 Å². The number of fused-ring (bicyclic) bond motifs is 1. The number of ether oxygens (including phenoxy) is 2. The molecule has 4 atom stereocenters. The van der Waals surface area contributed by atoms with Gasteiger partial charge in [-0.1, -0.05) is 24.4 Å². The maximum absolute atomic E-state index is 11.0. The summed E-state index contributed by atoms with van der Waals surface area (Å²) in [5, 5.41) is 29.6. The van der Waals surface area contributed by atoms with E-state index < -0.39 is 30.5 Å². The van der Waals surface area contributed by atoms with Crippen LogP contribution in [0.25, 0.3) is 11.0 Å². The first kappa shape index (κ1) is 19.4. The summed E-state index contributed by atoms with van der Waals surface area (Å²) in [4.78, 5) is 15.4. The molecule has 0 amide bonds. The van der Waals surface area contributed by atoms with Gasteiger partial charge in [-0.25, -0.2) is 9.67 Å². The van der Waals surface area contributed by atoms with Crippen LogP contribution < -0.4 is 5.32 Å². The van der Waals surface area contributed by atoms with Crippen LogP contribution in [0.1, 0.15) is 38.8 Å². The molecule has 1 aliphatic heterocycles. The summed E-state index contributed by atoms with van der Waals surface area (Å²) in [6.07, 6.45) is 1.92. The molecule has 28 heavy (non-hydrogen) atoms. The van der Waals surface area contributed by atoms with Crippen molar-refractivity contribution in [2.45, 2.75) is 63.2 Å². The third-order valence-corrected chi connectivity index (χ3v) is 5.47. The molecular formula is C18H23ClN4O5. The van der Waals surface area contributed by atoms with E-state index in [1.54, 1.807) is 12.3 Å². The SMILES string of the molecule is CC(=O)OC[C@H]1O[C@@H](n2ncc3c(NC4CCCC4)cc(Cl)nc32)[C@H](O)[C@H]1O. The van der Waals surface area contributed by atoms with Crippen LogP contribution in [0.4, 0.5) is 5.69 Å². The lowest BCUT2D eigenvalue weighted by Gasteiger charge is -2.17. The second-order valence-electron chi connectivity index (χ2n) is 7.29. The molecule has 10 heteroatoms. The van der Waals surface area contributed by atoms with Crippen molar-refractivity contribution in [3.63, 3.8) is 0 Å². The molecule has 2 aliphatic rings. The Kier molecular flexibility index (Phi) is 5.42. The van der Waals surface area contributed by atoms with Gasteiger partial charge in [-0.05, 0) is 18.9 Å². The molecule has 3 N–H and O–H groups in total. The van der Waals surface area contributed by atoms with Crippen molar-refractivity contribution in [1.82, 2.24) is 14.8 Å². The van der Waals surface area contributed by atoms with Crippen LogP contribution in [0.15, 0.2) is 12.3 Å². The molecule has 1 saturated heterocycles. The van der Waals surface area contributed by atoms with Crippen molar-refractivity contribution >= 4 is 34.3 Å². The van der Waals surface area contributed by atoms with Gasteiger partial charge in [0.05, 0.1) is 17.3 Å². The fourth-order valence-electron chi connectivity index (χ4n) is 3.85. The number of nitrogens with zero attached hydrogens (tertiary/aromatic N) is 3. The number of aromatic nitrogens is 3. The summed E-state index contributed by atoms with van der Waals surface area (Å²) < 4.78 is 12.0. The quantitative estimate of drug-likeness (QED) is 0.502. The Morgan fingerprint density at radius 1 is 1.39 bits per heavy atom. The molecule has 2 aromatic rings. The summed E-state index contributed by atoms with van der Waals surface area (Å²) in [5.74, 6) is -0.491. The molecule has 1 saturated carbocycles. The van der Waals surface area contributed by atoms with Crippen LogP contribution >= 0.6 is 11.6 Å². The lowest BCUT2D eigenvalue weighted by molar-refractivity contribution is -0.147. The van der Waals surface area contributed by atoms with E-state index in [-0.39, 0.29) is 6.61 Å². The highest BCUT2D eigenvalue weighted by Crippen LogP contribution is 2.34. The molecular weight excluding hydrogens is 388 g/mol. The molecule has 4 rings (SSSR count). The first-order valence-corrected chi connectivity index (χ1v) is 9.77. The summed E-state index contributed by atoms with van der Waals surface area (Å²) in [6.45, 7) is 1.10. The van der Waals surface area contributed by atoms with Gasteiger partial charge in [0.1, 0.15) is 30.1 Å². The average Bonchev–Trinajstić information content (AvgIpc) is 3.35. The Morgan fingerprint density at radius 3 is 2.86 bits per heavy atom. The van der Waals surface area contributed by atoms with Gasteiger partial charge >= 0.3 is 5.97 Å². The van der Waals surface area contributed by atoms with Crippen LogP contribution in [0.3, 0.4) is 0 Å². The van der Waals surface area contributed by atoms with Crippen LogP contribution in [0.2, 0.25) is 5.15 Å². The van der Waals surface area contributed by atoms with E-state index in [1.165, 1.54) is 24.4 Å². The molecule has 2 aromatic heterocycles. The predicted octanol–water partition coefficient (Wildman–Crippen LogP) is 1.62. The minimum atomic E-state index is -1.25. The minimum Gasteiger partial charge on any atom is -0.463 e. The zero-order valence-corrected chi connectivity index (χ0v) is 16.2. The van der Waals surface area contributed by atoms with E-state index in [0.29, 0.717) is 16.8 Å². The first-order valence-electron chi connectivity index (χ1n) is 9.39. The number of rotatable bonds is 5. The number of hydrogen-bond donors (Lipinski definition) is 3. The Bertz CT molecular complexity index is 869. The van der Waals surface area contributed by atoms with E-state index in [1.807, 2.05) is 0 Å². The number of pyridine rings is 1. The molecule has 0 spiro atoms. The van der Waals surface area contributed by atoms with Crippen LogP contribution in [0, 0.1) is 0 Å². The molecule has 9 nitrogen and oxygen atoms in total. The Hall–Kier alpha value is -1.94. The van der Waals surface area contributed by atoms with E-state index in [9.17, 15) is 15.0 Å². The highest BCUT2D eigenvalue weighted by atomic mass is 35.5. The van der Waals surface area contributed by atoms with Crippen molar-refractivity contribution in [2.24, 2.45) is 0 Å². The van der Waals surface area contributed by atoms with Crippen molar-refractivity contribution in [1.29, 1.82) is 0 Å². The van der Waals surface area contributed by atoms with Crippen LogP contribution in [-0.2, 0) is 14.3 Å². The number of hydrogen-bond acceptors (Lipinski definition) is 8. The van der Waals surface area contributed by atoms with Crippen molar-refractivity contribution in [3.8, 4) is 0 Å². The molecule has 152 valence electrons. The second kappa shape index (κ2) is 7.82. The normalized spacial score (nSPS) is 28.1. The van der Waals surface area contributed by atoms with Gasteiger partial charge in [0, 0.05) is 13.0 Å². The first-order chi connectivity index (χ1) is 13.4. The molecule has 0 aromatic carbocycles. The zero-order valence-electron chi connectivity index (χ0n) is 15.4. The topological polar surface area (TPSA) is 119 Å². The number of esters is 1. The Labute approximate surface area is 166 Å². The largest absolute Gasteiger partial charge is 0.463 e. The van der Waals surface area contributed by atoms with E-state index >= 15 is 0 Å². The molecule has 1 aliphatic carbocycles. The van der Waals surface area contributed by atoms with E-state index in [0.717, 1.165) is 23.9 Å². The number of nitrogens with one attached hydrogen (secondary N) is 1. The third-order valence-electron chi connectivity index (χ3n) is 5.28. The summed E-state index contributed by atoms with van der Waals surface area (Å²) in [7, 11) is 0. The number of aliphatic hydroxyl groups excluding tert-OH is 2. The van der Waals surface area contributed by atoms with E-state index in [2.05, 4.69) is 15.4 Å². The van der Waals surface area contributed by atoms with E-state index in [4.69, 9.17) is 21.1 Å². The van der Waals surface area contributed by atoms with Gasteiger partial charge in [-0.15, -0.1) is 0 Å². The number of aliphatic hydroxyl groups is 2. The highest BCUT2D eigenvalue weighted by molar-refractivity contribution is 6.30. The molecule has 2 fully saturated rings. The van der Waals surface area contributed by atoms with Crippen LogP contribution in [0.5, 0.6) is 0 Å².